The van der Waals surface area contributed by atoms with Gasteiger partial charge in [-0.25, -0.2) is 4.79 Å². The zero-order valence-corrected chi connectivity index (χ0v) is 20.0. The van der Waals surface area contributed by atoms with E-state index < -0.39 is 78.5 Å². The summed E-state index contributed by atoms with van der Waals surface area (Å²) in [6.45, 7) is 0. The molecule has 16 heteroatoms. The zero-order valence-electron chi connectivity index (χ0n) is 19.2. The third kappa shape index (κ3) is 13.8. The summed E-state index contributed by atoms with van der Waals surface area (Å²) in [5, 5.41) is 24.7. The lowest BCUT2D eigenvalue weighted by Gasteiger charge is -2.24. The summed E-state index contributed by atoms with van der Waals surface area (Å²) in [5.41, 5.74) is 15.9. The molecule has 0 aliphatic carbocycles. The average Bonchev–Trinajstić information content (AvgIpc) is 2.75. The number of primary amides is 2. The molecule has 15 nitrogen and oxygen atoms in total. The van der Waals surface area contributed by atoms with Crippen LogP contribution >= 0.6 is 11.8 Å². The Bertz CT molecular complexity index is 810. The van der Waals surface area contributed by atoms with E-state index in [2.05, 4.69) is 16.0 Å². The number of rotatable bonds is 18. The van der Waals surface area contributed by atoms with E-state index in [9.17, 15) is 38.7 Å². The lowest BCUT2D eigenvalue weighted by molar-refractivity contribution is -0.142. The van der Waals surface area contributed by atoms with Crippen LogP contribution in [0.1, 0.15) is 38.5 Å². The number of hydrogen-bond donors (Lipinski definition) is 8. The second-order valence-electron chi connectivity index (χ2n) is 7.52. The molecule has 5 amide bonds. The van der Waals surface area contributed by atoms with Crippen LogP contribution in [0.15, 0.2) is 0 Å². The van der Waals surface area contributed by atoms with Crippen LogP contribution in [-0.2, 0) is 33.6 Å². The minimum atomic E-state index is -1.58. The Kier molecular flexibility index (Phi) is 14.7. The second-order valence-corrected chi connectivity index (χ2v) is 8.50. The SMILES string of the molecule is CSCCC(NC(=O)C(CC(N)=O)NC(=O)C(CCC(N)=O)NC(=O)C(N)CCC(=O)O)C(=O)O. The van der Waals surface area contributed by atoms with Gasteiger partial charge >= 0.3 is 11.9 Å². The fourth-order valence-electron chi connectivity index (χ4n) is 2.69. The Balaban J connectivity index is 5.53. The zero-order chi connectivity index (χ0) is 27.1. The first-order valence-corrected chi connectivity index (χ1v) is 11.8. The predicted molar refractivity (Wildman–Crippen MR) is 124 cm³/mol. The van der Waals surface area contributed by atoms with Crippen molar-refractivity contribution < 1.29 is 43.8 Å². The van der Waals surface area contributed by atoms with Gasteiger partial charge in [-0.1, -0.05) is 0 Å². The molecule has 0 fully saturated rings. The lowest BCUT2D eigenvalue weighted by Crippen LogP contribution is -2.57. The molecule has 0 aromatic heterocycles. The number of nitrogens with one attached hydrogen (secondary N) is 3. The maximum atomic E-state index is 12.8. The molecule has 11 N–H and O–H groups in total. The largest absolute Gasteiger partial charge is 0.481 e. The number of nitrogens with two attached hydrogens (primary N) is 3. The molecule has 0 rings (SSSR count). The van der Waals surface area contributed by atoms with E-state index in [0.29, 0.717) is 5.75 Å². The first-order valence-electron chi connectivity index (χ1n) is 10.4. The van der Waals surface area contributed by atoms with Gasteiger partial charge in [-0.15, -0.1) is 0 Å². The highest BCUT2D eigenvalue weighted by molar-refractivity contribution is 7.98. The highest BCUT2D eigenvalue weighted by atomic mass is 32.2. The van der Waals surface area contributed by atoms with Gasteiger partial charge in [0.1, 0.15) is 18.1 Å². The molecule has 0 aromatic carbocycles. The topological polar surface area (TPSA) is 274 Å². The Morgan fingerprint density at radius 2 is 1.29 bits per heavy atom. The fourth-order valence-corrected chi connectivity index (χ4v) is 3.16. The summed E-state index contributed by atoms with van der Waals surface area (Å²) in [4.78, 5) is 82.4. The molecule has 0 aromatic rings. The Morgan fingerprint density at radius 1 is 0.743 bits per heavy atom. The summed E-state index contributed by atoms with van der Waals surface area (Å²) >= 11 is 1.35. The van der Waals surface area contributed by atoms with E-state index in [1.807, 2.05) is 0 Å². The molecule has 4 unspecified atom stereocenters. The van der Waals surface area contributed by atoms with Crippen LogP contribution in [0, 0.1) is 0 Å². The van der Waals surface area contributed by atoms with Gasteiger partial charge in [-0.2, -0.15) is 11.8 Å². The van der Waals surface area contributed by atoms with Gasteiger partial charge in [0, 0.05) is 12.8 Å². The monoisotopic (exact) mass is 520 g/mol. The van der Waals surface area contributed by atoms with E-state index in [1.165, 1.54) is 11.8 Å². The second kappa shape index (κ2) is 16.3. The molecule has 0 aliphatic heterocycles. The van der Waals surface area contributed by atoms with Gasteiger partial charge in [-0.05, 0) is 31.3 Å². The predicted octanol–water partition coefficient (Wildman–Crippen LogP) is -3.39. The van der Waals surface area contributed by atoms with Crippen molar-refractivity contribution >= 4 is 53.2 Å². The van der Waals surface area contributed by atoms with E-state index >= 15 is 0 Å². The quantitative estimate of drug-likeness (QED) is 0.0882. The molecule has 0 aliphatic rings. The molecule has 0 radical (unpaired) electrons. The molecular formula is C19H32N6O9S. The van der Waals surface area contributed by atoms with Crippen LogP contribution in [0.3, 0.4) is 0 Å². The van der Waals surface area contributed by atoms with Crippen LogP contribution in [0.2, 0.25) is 0 Å². The molecular weight excluding hydrogens is 488 g/mol. The molecule has 35 heavy (non-hydrogen) atoms. The third-order valence-corrected chi connectivity index (χ3v) is 5.23. The molecule has 0 saturated carbocycles. The average molecular weight is 521 g/mol. The van der Waals surface area contributed by atoms with Crippen molar-refractivity contribution in [3.63, 3.8) is 0 Å². The lowest BCUT2D eigenvalue weighted by atomic mass is 10.1. The molecule has 0 bridgehead atoms. The van der Waals surface area contributed by atoms with Crippen molar-refractivity contribution in [2.24, 2.45) is 17.2 Å². The van der Waals surface area contributed by atoms with Crippen molar-refractivity contribution in [1.29, 1.82) is 0 Å². The van der Waals surface area contributed by atoms with Crippen LogP contribution < -0.4 is 33.2 Å². The number of hydrogen-bond acceptors (Lipinski definition) is 9. The number of carbonyl (C=O) groups excluding carboxylic acids is 5. The van der Waals surface area contributed by atoms with Crippen LogP contribution in [0.25, 0.3) is 0 Å². The van der Waals surface area contributed by atoms with Gasteiger partial charge in [-0.3, -0.25) is 28.8 Å². The normalized spacial score (nSPS) is 14.0. The molecule has 0 heterocycles. The molecule has 0 spiro atoms. The standard InChI is InChI=1S/C19H32N6O9S/c1-35-7-6-11(19(33)34)24-18(32)12(8-14(22)27)25-17(31)10(3-4-13(21)26)23-16(30)9(20)2-5-15(28)29/h9-12H,2-8,20H2,1H3,(H2,21,26)(H2,22,27)(H,23,30)(H,24,32)(H,25,31)(H,28,29)(H,33,34). The van der Waals surface area contributed by atoms with Gasteiger partial charge in [0.15, 0.2) is 0 Å². The molecule has 198 valence electrons. The summed E-state index contributed by atoms with van der Waals surface area (Å²) < 4.78 is 0. The van der Waals surface area contributed by atoms with Crippen LogP contribution in [-0.4, -0.2) is 87.9 Å². The molecule has 0 saturated heterocycles. The van der Waals surface area contributed by atoms with Gasteiger partial charge in [0.2, 0.25) is 29.5 Å². The maximum Gasteiger partial charge on any atom is 0.326 e. The number of carboxylic acid groups (broad SMARTS) is 2. The summed E-state index contributed by atoms with van der Waals surface area (Å²) in [6.07, 6.45) is -0.142. The molecule has 4 atom stereocenters. The minimum absolute atomic E-state index is 0.0744. The first-order chi connectivity index (χ1) is 16.3. The summed E-state index contributed by atoms with van der Waals surface area (Å²) in [7, 11) is 0. The van der Waals surface area contributed by atoms with Gasteiger partial charge < -0.3 is 43.4 Å². The van der Waals surface area contributed by atoms with Crippen molar-refractivity contribution in [2.75, 3.05) is 12.0 Å². The van der Waals surface area contributed by atoms with Gasteiger partial charge in [0.05, 0.1) is 12.5 Å². The van der Waals surface area contributed by atoms with E-state index in [0.717, 1.165) is 0 Å². The first kappa shape index (κ1) is 31.6. The van der Waals surface area contributed by atoms with Crippen molar-refractivity contribution in [3.8, 4) is 0 Å². The maximum absolute atomic E-state index is 12.8. The van der Waals surface area contributed by atoms with Crippen LogP contribution in [0.4, 0.5) is 0 Å². The van der Waals surface area contributed by atoms with Gasteiger partial charge in [0.25, 0.3) is 0 Å². The van der Waals surface area contributed by atoms with E-state index in [-0.39, 0.29) is 25.7 Å². The van der Waals surface area contributed by atoms with E-state index in [4.69, 9.17) is 22.3 Å². The van der Waals surface area contributed by atoms with Crippen molar-refractivity contribution in [1.82, 2.24) is 16.0 Å². The minimum Gasteiger partial charge on any atom is -0.481 e. The van der Waals surface area contributed by atoms with Crippen molar-refractivity contribution in [3.05, 3.63) is 0 Å². The number of thioether (sulfide) groups is 1. The summed E-state index contributed by atoms with van der Waals surface area (Å²) in [6, 6.07) is -5.59. The number of carbonyl (C=O) groups is 7. The van der Waals surface area contributed by atoms with Crippen molar-refractivity contribution in [2.45, 2.75) is 62.7 Å². The van der Waals surface area contributed by atoms with E-state index in [1.54, 1.807) is 6.26 Å². The third-order valence-electron chi connectivity index (χ3n) is 4.58. The Hall–Kier alpha value is -3.40. The number of carboxylic acids is 2. The number of amides is 5. The Labute approximate surface area is 205 Å². The fraction of sp³-hybridized carbons (Fsp3) is 0.632. The van der Waals surface area contributed by atoms with Crippen LogP contribution in [0.5, 0.6) is 0 Å². The highest BCUT2D eigenvalue weighted by Crippen LogP contribution is 2.05. The smallest absolute Gasteiger partial charge is 0.326 e. The summed E-state index contributed by atoms with van der Waals surface area (Å²) in [5.74, 6) is -6.76. The highest BCUT2D eigenvalue weighted by Gasteiger charge is 2.31. The number of aliphatic carboxylic acids is 2. The Morgan fingerprint density at radius 3 is 1.77 bits per heavy atom.